The summed E-state index contributed by atoms with van der Waals surface area (Å²) in [6.45, 7) is 12.3. The summed E-state index contributed by atoms with van der Waals surface area (Å²) in [5.41, 5.74) is -7.02. The van der Waals surface area contributed by atoms with E-state index in [9.17, 15) is 34.5 Å². The van der Waals surface area contributed by atoms with E-state index >= 15 is 0 Å². The Labute approximate surface area is 237 Å². The van der Waals surface area contributed by atoms with Crippen LogP contribution in [0.15, 0.2) is 36.0 Å². The minimum absolute atomic E-state index is 0.0856. The first-order valence-electron chi connectivity index (χ1n) is 13.9. The molecule has 0 aromatic heterocycles. The van der Waals surface area contributed by atoms with Crippen molar-refractivity contribution in [2.45, 2.75) is 77.5 Å². The van der Waals surface area contributed by atoms with Gasteiger partial charge in [-0.25, -0.2) is 9.59 Å². The predicted octanol–water partition coefficient (Wildman–Crippen LogP) is 0.752. The van der Waals surface area contributed by atoms with Crippen molar-refractivity contribution in [2.24, 2.45) is 39.4 Å². The van der Waals surface area contributed by atoms with Crippen LogP contribution in [-0.2, 0) is 38.1 Å². The topological polar surface area (TPSA) is 166 Å². The SMILES string of the molecule is C=C(C)C(=O)O[C@@H]1[C@@H]2OC[C@]3(C)C=CC(=O)[C@@](C)([C@@H]23)[C@@H]2[C@@H](O)O[C@@]3([C@@H](O)C[C@@H](C4=CC(=O)OC4O)[C@]3(C)C=O)[C@]12C. The van der Waals surface area contributed by atoms with Gasteiger partial charge in [-0.2, -0.15) is 0 Å². The highest BCUT2D eigenvalue weighted by Gasteiger charge is 2.87. The summed E-state index contributed by atoms with van der Waals surface area (Å²) < 4.78 is 23.8. The number of cyclic esters (lactones) is 1. The lowest BCUT2D eigenvalue weighted by Crippen LogP contribution is -2.74. The van der Waals surface area contributed by atoms with Gasteiger partial charge in [0.15, 0.2) is 12.1 Å². The van der Waals surface area contributed by atoms with Gasteiger partial charge in [-0.05, 0) is 26.3 Å². The van der Waals surface area contributed by atoms with E-state index in [2.05, 4.69) is 6.58 Å². The molecular weight excluding hydrogens is 536 g/mol. The van der Waals surface area contributed by atoms with E-state index in [-0.39, 0.29) is 30.0 Å². The molecule has 1 spiro atoms. The standard InChI is InChI=1S/C30H36O11/c1-13(2)23(35)40-22-19-20-26(3,12-38-19)8-7-16(32)28(20,5)21-25(37)41-30(29(21,22)6)17(33)10-15(27(30,4)11-31)14-9-18(34)39-24(14)36/h7-9,11,15,17,19-22,24-25,33,36-37H,1,10,12H2,2-6H3/t15-,17-,19+,20-,21-,22+,24?,25-,26-,27-,28-,29-,30+/m0/s1. The highest BCUT2D eigenvalue weighted by molar-refractivity contribution is 5.97. The average Bonchev–Trinajstić information content (AvgIpc) is 3.57. The van der Waals surface area contributed by atoms with Crippen LogP contribution in [0.3, 0.4) is 0 Å². The first-order valence-corrected chi connectivity index (χ1v) is 13.9. The van der Waals surface area contributed by atoms with E-state index in [1.807, 2.05) is 6.92 Å². The number of ether oxygens (including phenoxy) is 4. The van der Waals surface area contributed by atoms with Gasteiger partial charge < -0.3 is 39.1 Å². The number of carbonyl (C=O) groups is 4. The maximum absolute atomic E-state index is 13.9. The lowest BCUT2D eigenvalue weighted by Gasteiger charge is -2.63. The number of aliphatic hydroxyl groups excluding tert-OH is 3. The lowest BCUT2D eigenvalue weighted by atomic mass is 9.39. The molecule has 0 bridgehead atoms. The predicted molar refractivity (Wildman–Crippen MR) is 138 cm³/mol. The molecule has 0 aromatic rings. The molecule has 3 N–H and O–H groups in total. The largest absolute Gasteiger partial charge is 0.456 e. The summed E-state index contributed by atoms with van der Waals surface area (Å²) in [5.74, 6) is -4.38. The molecule has 4 fully saturated rings. The molecule has 41 heavy (non-hydrogen) atoms. The first-order chi connectivity index (χ1) is 19.0. The highest BCUT2D eigenvalue weighted by atomic mass is 16.6. The second-order valence-electron chi connectivity index (χ2n) is 13.5. The maximum Gasteiger partial charge on any atom is 0.333 e. The van der Waals surface area contributed by atoms with Gasteiger partial charge in [-0.1, -0.05) is 33.4 Å². The van der Waals surface area contributed by atoms with Crippen molar-refractivity contribution in [3.63, 3.8) is 0 Å². The normalized spacial score (nSPS) is 53.1. The fourth-order valence-electron chi connectivity index (χ4n) is 9.93. The molecule has 13 atom stereocenters. The number of esters is 2. The van der Waals surface area contributed by atoms with Gasteiger partial charge in [-0.3, -0.25) is 4.79 Å². The number of allylic oxidation sites excluding steroid dienone is 1. The molecule has 3 aliphatic heterocycles. The van der Waals surface area contributed by atoms with Crippen molar-refractivity contribution >= 4 is 24.0 Å². The van der Waals surface area contributed by atoms with Crippen molar-refractivity contribution in [2.75, 3.05) is 6.61 Å². The molecule has 1 unspecified atom stereocenters. The third kappa shape index (κ3) is 3.06. The van der Waals surface area contributed by atoms with Crippen LogP contribution in [0, 0.1) is 39.4 Å². The number of rotatable bonds is 4. The van der Waals surface area contributed by atoms with Crippen molar-refractivity contribution in [3.05, 3.63) is 36.0 Å². The Hall–Kier alpha value is -2.70. The minimum atomic E-state index is -1.96. The number of hydrogen-bond donors (Lipinski definition) is 3. The average molecular weight is 573 g/mol. The van der Waals surface area contributed by atoms with Gasteiger partial charge in [0, 0.05) is 51.2 Å². The molecule has 0 amide bonds. The molecule has 2 saturated carbocycles. The Balaban J connectivity index is 1.62. The molecule has 2 saturated heterocycles. The van der Waals surface area contributed by atoms with Gasteiger partial charge >= 0.3 is 11.9 Å². The number of hydrogen-bond acceptors (Lipinski definition) is 11. The van der Waals surface area contributed by atoms with Crippen molar-refractivity contribution in [3.8, 4) is 0 Å². The highest BCUT2D eigenvalue weighted by Crippen LogP contribution is 2.76. The summed E-state index contributed by atoms with van der Waals surface area (Å²) in [4.78, 5) is 52.3. The Morgan fingerprint density at radius 3 is 2.41 bits per heavy atom. The fraction of sp³-hybridized carbons (Fsp3) is 0.667. The molecular formula is C30H36O11. The number of fused-ring (bicyclic) bond motifs is 3. The van der Waals surface area contributed by atoms with E-state index in [0.717, 1.165) is 6.08 Å². The summed E-state index contributed by atoms with van der Waals surface area (Å²) in [7, 11) is 0. The zero-order valence-electron chi connectivity index (χ0n) is 23.7. The quantitative estimate of drug-likeness (QED) is 0.247. The van der Waals surface area contributed by atoms with E-state index < -0.39 is 87.8 Å². The minimum Gasteiger partial charge on any atom is -0.456 e. The van der Waals surface area contributed by atoms with Crippen LogP contribution in [-0.4, -0.2) is 82.4 Å². The van der Waals surface area contributed by atoms with Gasteiger partial charge in [0.25, 0.3) is 0 Å². The maximum atomic E-state index is 13.9. The number of aliphatic hydroxyl groups is 3. The molecule has 3 heterocycles. The Bertz CT molecular complexity index is 1340. The van der Waals surface area contributed by atoms with Crippen molar-refractivity contribution < 1.29 is 53.4 Å². The third-order valence-corrected chi connectivity index (χ3v) is 11.5. The summed E-state index contributed by atoms with van der Waals surface area (Å²) in [5, 5.41) is 34.3. The summed E-state index contributed by atoms with van der Waals surface area (Å²) >= 11 is 0. The van der Waals surface area contributed by atoms with Crippen LogP contribution in [0.25, 0.3) is 0 Å². The Kier molecular flexibility index (Phi) is 5.85. The second-order valence-corrected chi connectivity index (χ2v) is 13.5. The zero-order chi connectivity index (χ0) is 30.1. The first kappa shape index (κ1) is 28.4. The van der Waals surface area contributed by atoms with Crippen LogP contribution < -0.4 is 0 Å². The number of carbonyl (C=O) groups excluding carboxylic acids is 4. The second kappa shape index (κ2) is 8.44. The van der Waals surface area contributed by atoms with Crippen LogP contribution in [0.4, 0.5) is 0 Å². The van der Waals surface area contributed by atoms with E-state index in [0.29, 0.717) is 6.29 Å². The molecule has 11 nitrogen and oxygen atoms in total. The Morgan fingerprint density at radius 2 is 1.83 bits per heavy atom. The van der Waals surface area contributed by atoms with Crippen molar-refractivity contribution in [1.29, 1.82) is 0 Å². The van der Waals surface area contributed by atoms with Crippen LogP contribution in [0.2, 0.25) is 0 Å². The monoisotopic (exact) mass is 572 g/mol. The smallest absolute Gasteiger partial charge is 0.333 e. The Morgan fingerprint density at radius 1 is 1.15 bits per heavy atom. The number of ketones is 1. The molecule has 222 valence electrons. The van der Waals surface area contributed by atoms with Crippen LogP contribution in [0.1, 0.15) is 41.0 Å². The third-order valence-electron chi connectivity index (χ3n) is 11.5. The molecule has 6 aliphatic rings. The lowest BCUT2D eigenvalue weighted by molar-refractivity contribution is -0.256. The molecule has 0 radical (unpaired) electrons. The van der Waals surface area contributed by atoms with Gasteiger partial charge in [0.2, 0.25) is 6.29 Å². The fourth-order valence-corrected chi connectivity index (χ4v) is 9.93. The molecule has 3 aliphatic carbocycles. The van der Waals surface area contributed by atoms with Crippen molar-refractivity contribution in [1.82, 2.24) is 0 Å². The van der Waals surface area contributed by atoms with E-state index in [1.165, 1.54) is 19.9 Å². The zero-order valence-corrected chi connectivity index (χ0v) is 23.7. The van der Waals surface area contributed by atoms with E-state index in [1.54, 1.807) is 19.9 Å². The molecule has 6 rings (SSSR count). The molecule has 0 aromatic carbocycles. The summed E-state index contributed by atoms with van der Waals surface area (Å²) in [6, 6.07) is 0. The van der Waals surface area contributed by atoms with E-state index in [4.69, 9.17) is 18.9 Å². The molecule has 11 heteroatoms. The van der Waals surface area contributed by atoms with Gasteiger partial charge in [-0.15, -0.1) is 0 Å². The van der Waals surface area contributed by atoms with Crippen LogP contribution >= 0.6 is 0 Å². The number of aldehydes is 1. The summed E-state index contributed by atoms with van der Waals surface area (Å²) in [6.07, 6.45) is -2.03. The van der Waals surface area contributed by atoms with Gasteiger partial charge in [0.1, 0.15) is 18.0 Å². The van der Waals surface area contributed by atoms with Gasteiger partial charge in [0.05, 0.1) is 24.2 Å². The van der Waals surface area contributed by atoms with Crippen LogP contribution in [0.5, 0.6) is 0 Å².